The number of nitrogens with zero attached hydrogens (tertiary/aromatic N) is 2. The number of amides is 2. The van der Waals surface area contributed by atoms with Crippen LogP contribution >= 0.6 is 0 Å². The predicted octanol–water partition coefficient (Wildman–Crippen LogP) is 1.65. The van der Waals surface area contributed by atoms with E-state index in [2.05, 4.69) is 20.3 Å². The van der Waals surface area contributed by atoms with Crippen molar-refractivity contribution in [3.63, 3.8) is 0 Å². The number of aromatic amines is 1. The molecule has 9 nitrogen and oxygen atoms in total. The summed E-state index contributed by atoms with van der Waals surface area (Å²) in [6.45, 7) is -0.160. The van der Waals surface area contributed by atoms with E-state index >= 15 is 0 Å². The second-order valence-corrected chi connectivity index (χ2v) is 5.51. The Labute approximate surface area is 147 Å². The third-order valence-electron chi connectivity index (χ3n) is 3.68. The molecular weight excluding hydrogens is 340 g/mol. The highest BCUT2D eigenvalue weighted by Gasteiger charge is 2.18. The summed E-state index contributed by atoms with van der Waals surface area (Å²) in [7, 11) is 2.76. The lowest BCUT2D eigenvalue weighted by Gasteiger charge is -2.15. The molecule has 0 unspecified atom stereocenters. The number of hydrogen-bond acceptors (Lipinski definition) is 6. The second-order valence-electron chi connectivity index (χ2n) is 5.51. The van der Waals surface area contributed by atoms with Crippen molar-refractivity contribution >= 4 is 34.4 Å². The van der Waals surface area contributed by atoms with Crippen LogP contribution in [-0.4, -0.2) is 53.6 Å². The first-order chi connectivity index (χ1) is 12.5. The molecule has 134 valence electrons. The van der Waals surface area contributed by atoms with Crippen LogP contribution in [0.25, 0.3) is 10.9 Å². The van der Waals surface area contributed by atoms with E-state index in [1.54, 1.807) is 24.3 Å². The van der Waals surface area contributed by atoms with E-state index in [0.29, 0.717) is 16.6 Å². The lowest BCUT2D eigenvalue weighted by Crippen LogP contribution is -2.34. The average molecular weight is 356 g/mol. The number of carbonyl (C=O) groups is 3. The summed E-state index contributed by atoms with van der Waals surface area (Å²) < 4.78 is 9.70. The number of H-pyrrole nitrogens is 1. The van der Waals surface area contributed by atoms with Crippen molar-refractivity contribution < 1.29 is 23.5 Å². The molecule has 26 heavy (non-hydrogen) atoms. The molecule has 0 bridgehead atoms. The van der Waals surface area contributed by atoms with Gasteiger partial charge in [0.2, 0.25) is 5.91 Å². The van der Waals surface area contributed by atoms with Crippen molar-refractivity contribution in [2.45, 2.75) is 0 Å². The molecule has 0 saturated carbocycles. The molecule has 1 aromatic carbocycles. The predicted molar refractivity (Wildman–Crippen MR) is 91.7 cm³/mol. The molecule has 0 aliphatic heterocycles. The van der Waals surface area contributed by atoms with Gasteiger partial charge in [-0.3, -0.25) is 14.7 Å². The number of ether oxygens (including phenoxy) is 1. The van der Waals surface area contributed by atoms with Gasteiger partial charge >= 0.3 is 5.97 Å². The van der Waals surface area contributed by atoms with E-state index in [-0.39, 0.29) is 18.0 Å². The molecule has 9 heteroatoms. The number of aromatic nitrogens is 2. The highest BCUT2D eigenvalue weighted by Crippen LogP contribution is 2.21. The number of anilines is 1. The number of likely N-dealkylation sites (N-methyl/N-ethyl adjacent to an activating group) is 1. The van der Waals surface area contributed by atoms with Crippen molar-refractivity contribution in [3.05, 3.63) is 48.0 Å². The lowest BCUT2D eigenvalue weighted by molar-refractivity contribution is -0.116. The molecule has 0 aliphatic rings. The first-order valence-electron chi connectivity index (χ1n) is 7.65. The van der Waals surface area contributed by atoms with Crippen molar-refractivity contribution in [2.75, 3.05) is 26.0 Å². The van der Waals surface area contributed by atoms with Crippen LogP contribution in [0.1, 0.15) is 21.0 Å². The second kappa shape index (κ2) is 7.09. The van der Waals surface area contributed by atoms with Crippen LogP contribution < -0.4 is 5.32 Å². The number of benzene rings is 1. The van der Waals surface area contributed by atoms with Gasteiger partial charge in [0, 0.05) is 18.1 Å². The standard InChI is InChI=1S/C17H16N4O5/c1-21(16(23)13-4-3-7-26-13)9-14(22)18-10-5-6-12-11(8-10)15(20-19-12)17(24)25-2/h3-8H,9H2,1-2H3,(H,18,22)(H,19,20). The Kier molecular flexibility index (Phi) is 4.70. The summed E-state index contributed by atoms with van der Waals surface area (Å²) in [6.07, 6.45) is 1.39. The quantitative estimate of drug-likeness (QED) is 0.671. The molecule has 2 heterocycles. The first kappa shape index (κ1) is 17.2. The molecule has 0 atom stereocenters. The largest absolute Gasteiger partial charge is 0.464 e. The minimum absolute atomic E-state index is 0.128. The molecular formula is C17H16N4O5. The van der Waals surface area contributed by atoms with Crippen molar-refractivity contribution in [1.29, 1.82) is 0 Å². The fourth-order valence-electron chi connectivity index (χ4n) is 2.42. The van der Waals surface area contributed by atoms with Crippen molar-refractivity contribution in [3.8, 4) is 0 Å². The van der Waals surface area contributed by atoms with Gasteiger partial charge in [0.1, 0.15) is 0 Å². The van der Waals surface area contributed by atoms with Crippen LogP contribution in [0.5, 0.6) is 0 Å². The number of furan rings is 1. The van der Waals surface area contributed by atoms with Gasteiger partial charge in [-0.2, -0.15) is 5.10 Å². The van der Waals surface area contributed by atoms with E-state index in [0.717, 1.165) is 0 Å². The minimum Gasteiger partial charge on any atom is -0.464 e. The maximum Gasteiger partial charge on any atom is 0.359 e. The number of nitrogens with one attached hydrogen (secondary N) is 2. The van der Waals surface area contributed by atoms with Crippen LogP contribution in [0.2, 0.25) is 0 Å². The Morgan fingerprint density at radius 2 is 2.12 bits per heavy atom. The number of methoxy groups -OCH3 is 1. The van der Waals surface area contributed by atoms with Crippen LogP contribution in [-0.2, 0) is 9.53 Å². The SMILES string of the molecule is COC(=O)c1n[nH]c2ccc(NC(=O)CN(C)C(=O)c3ccco3)cc12. The first-order valence-corrected chi connectivity index (χ1v) is 7.65. The van der Waals surface area contributed by atoms with Crippen molar-refractivity contribution in [1.82, 2.24) is 15.1 Å². The zero-order chi connectivity index (χ0) is 18.7. The summed E-state index contributed by atoms with van der Waals surface area (Å²) in [5.74, 6) is -1.22. The average Bonchev–Trinajstić information content (AvgIpc) is 3.29. The maximum atomic E-state index is 12.2. The molecule has 2 amide bonds. The van der Waals surface area contributed by atoms with Gasteiger partial charge in [-0.1, -0.05) is 0 Å². The van der Waals surface area contributed by atoms with Crippen LogP contribution in [0.15, 0.2) is 41.0 Å². The highest BCUT2D eigenvalue weighted by atomic mass is 16.5. The van der Waals surface area contributed by atoms with Gasteiger partial charge in [-0.25, -0.2) is 4.79 Å². The molecule has 0 radical (unpaired) electrons. The maximum absolute atomic E-state index is 12.2. The van der Waals surface area contributed by atoms with Crippen LogP contribution in [0, 0.1) is 0 Å². The Morgan fingerprint density at radius 1 is 1.31 bits per heavy atom. The van der Waals surface area contributed by atoms with Gasteiger partial charge in [-0.15, -0.1) is 0 Å². The zero-order valence-electron chi connectivity index (χ0n) is 14.1. The smallest absolute Gasteiger partial charge is 0.359 e. The van der Waals surface area contributed by atoms with E-state index < -0.39 is 17.8 Å². The van der Waals surface area contributed by atoms with Crippen LogP contribution in [0.3, 0.4) is 0 Å². The van der Waals surface area contributed by atoms with Gasteiger partial charge in [0.25, 0.3) is 5.91 Å². The number of esters is 1. The molecule has 2 N–H and O–H groups in total. The molecule has 0 saturated heterocycles. The summed E-state index contributed by atoms with van der Waals surface area (Å²) in [4.78, 5) is 37.2. The number of hydrogen-bond donors (Lipinski definition) is 2. The van der Waals surface area contributed by atoms with Crippen molar-refractivity contribution in [2.24, 2.45) is 0 Å². The fourth-order valence-corrected chi connectivity index (χ4v) is 2.42. The number of fused-ring (bicyclic) bond motifs is 1. The third kappa shape index (κ3) is 3.41. The molecule has 3 rings (SSSR count). The fraction of sp³-hybridized carbons (Fsp3) is 0.176. The van der Waals surface area contributed by atoms with E-state index in [4.69, 9.17) is 4.42 Å². The lowest BCUT2D eigenvalue weighted by atomic mass is 10.2. The Hall–Kier alpha value is -3.62. The Morgan fingerprint density at radius 3 is 2.81 bits per heavy atom. The van der Waals surface area contributed by atoms with Crippen LogP contribution in [0.4, 0.5) is 5.69 Å². The van der Waals surface area contributed by atoms with E-state index in [1.165, 1.54) is 31.4 Å². The number of carbonyl (C=O) groups excluding carboxylic acids is 3. The van der Waals surface area contributed by atoms with E-state index in [9.17, 15) is 14.4 Å². The normalized spacial score (nSPS) is 10.5. The topological polar surface area (TPSA) is 118 Å². The van der Waals surface area contributed by atoms with Gasteiger partial charge < -0.3 is 19.4 Å². The Bertz CT molecular complexity index is 961. The highest BCUT2D eigenvalue weighted by molar-refractivity contribution is 6.04. The molecule has 0 aliphatic carbocycles. The Balaban J connectivity index is 1.71. The minimum atomic E-state index is -0.580. The number of rotatable bonds is 5. The van der Waals surface area contributed by atoms with Gasteiger partial charge in [-0.05, 0) is 30.3 Å². The van der Waals surface area contributed by atoms with Gasteiger partial charge in [0.05, 0.1) is 25.4 Å². The molecule has 0 fully saturated rings. The van der Waals surface area contributed by atoms with Gasteiger partial charge in [0.15, 0.2) is 11.5 Å². The molecule has 0 spiro atoms. The summed E-state index contributed by atoms with van der Waals surface area (Å²) in [5.41, 5.74) is 1.23. The summed E-state index contributed by atoms with van der Waals surface area (Å²) >= 11 is 0. The molecule has 2 aromatic heterocycles. The zero-order valence-corrected chi connectivity index (χ0v) is 14.1. The summed E-state index contributed by atoms with van der Waals surface area (Å²) in [5, 5.41) is 9.84. The van der Waals surface area contributed by atoms with E-state index in [1.807, 2.05) is 0 Å². The third-order valence-corrected chi connectivity index (χ3v) is 3.68. The summed E-state index contributed by atoms with van der Waals surface area (Å²) in [6, 6.07) is 8.07. The monoisotopic (exact) mass is 356 g/mol. The molecule has 3 aromatic rings.